The third-order valence-electron chi connectivity index (χ3n) is 2.36. The van der Waals surface area contributed by atoms with Crippen LogP contribution in [0.3, 0.4) is 0 Å². The molecule has 0 aliphatic carbocycles. The largest absolute Gasteiger partial charge is 0.396 e. The highest BCUT2D eigenvalue weighted by molar-refractivity contribution is 4.70. The maximum atomic E-state index is 8.78. The number of hydrogen-bond donors (Lipinski definition) is 2. The number of nitrogens with one attached hydrogen (secondary N) is 1. The van der Waals surface area contributed by atoms with E-state index in [-0.39, 0.29) is 6.61 Å². The summed E-state index contributed by atoms with van der Waals surface area (Å²) in [6.45, 7) is 5.31. The van der Waals surface area contributed by atoms with Gasteiger partial charge in [-0.15, -0.1) is 0 Å². The van der Waals surface area contributed by atoms with Crippen molar-refractivity contribution < 1.29 is 9.84 Å². The van der Waals surface area contributed by atoms with E-state index in [1.807, 2.05) is 0 Å². The molecule has 0 aromatic rings. The lowest BCUT2D eigenvalue weighted by molar-refractivity contribution is 0.152. The molecule has 14 heavy (non-hydrogen) atoms. The maximum Gasteiger partial charge on any atom is 0.0615 e. The fraction of sp³-hybridized carbons (Fsp3) is 1.00. The summed E-state index contributed by atoms with van der Waals surface area (Å²) < 4.78 is 5.16. The molecular formula is C11H25NO2. The number of aliphatic hydroxyl groups is 1. The van der Waals surface area contributed by atoms with E-state index in [0.29, 0.717) is 12.1 Å². The molecule has 0 saturated carbocycles. The average Bonchev–Trinajstić information content (AvgIpc) is 2.15. The van der Waals surface area contributed by atoms with Crippen molar-refractivity contribution in [3.05, 3.63) is 0 Å². The van der Waals surface area contributed by atoms with Gasteiger partial charge in [-0.25, -0.2) is 0 Å². The monoisotopic (exact) mass is 203 g/mol. The van der Waals surface area contributed by atoms with Crippen LogP contribution in [0.1, 0.15) is 39.5 Å². The second-order valence-corrected chi connectivity index (χ2v) is 3.87. The van der Waals surface area contributed by atoms with Crippen molar-refractivity contribution in [1.29, 1.82) is 0 Å². The average molecular weight is 203 g/mol. The lowest BCUT2D eigenvalue weighted by atomic mass is 10.1. The smallest absolute Gasteiger partial charge is 0.0615 e. The van der Waals surface area contributed by atoms with Crippen LogP contribution in [0.15, 0.2) is 0 Å². The van der Waals surface area contributed by atoms with E-state index in [4.69, 9.17) is 9.84 Å². The van der Waals surface area contributed by atoms with Crippen LogP contribution in [0.4, 0.5) is 0 Å². The second kappa shape index (κ2) is 9.44. The van der Waals surface area contributed by atoms with Crippen molar-refractivity contribution in [2.24, 2.45) is 0 Å². The van der Waals surface area contributed by atoms with Gasteiger partial charge in [0, 0.05) is 25.8 Å². The van der Waals surface area contributed by atoms with Gasteiger partial charge < -0.3 is 15.2 Å². The normalized spacial score (nSPS) is 15.4. The zero-order valence-corrected chi connectivity index (χ0v) is 9.75. The van der Waals surface area contributed by atoms with Gasteiger partial charge in [-0.2, -0.15) is 0 Å². The molecule has 2 unspecified atom stereocenters. The minimum Gasteiger partial charge on any atom is -0.396 e. The minimum atomic E-state index is 0.252. The van der Waals surface area contributed by atoms with Crippen molar-refractivity contribution in [1.82, 2.24) is 5.32 Å². The predicted molar refractivity (Wildman–Crippen MR) is 59.5 cm³/mol. The Morgan fingerprint density at radius 3 is 2.57 bits per heavy atom. The molecule has 0 fully saturated rings. The molecule has 2 N–H and O–H groups in total. The molecule has 0 heterocycles. The van der Waals surface area contributed by atoms with Gasteiger partial charge in [-0.1, -0.05) is 19.8 Å². The lowest BCUT2D eigenvalue weighted by Crippen LogP contribution is -2.39. The molecular weight excluding hydrogens is 178 g/mol. The van der Waals surface area contributed by atoms with Crippen LogP contribution in [0.25, 0.3) is 0 Å². The molecule has 2 atom stereocenters. The Bertz CT molecular complexity index is 120. The summed E-state index contributed by atoms with van der Waals surface area (Å²) in [4.78, 5) is 0. The van der Waals surface area contributed by atoms with E-state index in [1.165, 1.54) is 12.8 Å². The summed E-state index contributed by atoms with van der Waals surface area (Å²) in [7, 11) is 1.73. The molecule has 0 amide bonds. The zero-order chi connectivity index (χ0) is 10.8. The van der Waals surface area contributed by atoms with Gasteiger partial charge >= 0.3 is 0 Å². The molecule has 0 bridgehead atoms. The predicted octanol–water partition coefficient (Wildman–Crippen LogP) is 1.55. The maximum absolute atomic E-state index is 8.78. The number of unbranched alkanes of at least 4 members (excludes halogenated alkanes) is 1. The fourth-order valence-electron chi connectivity index (χ4n) is 1.55. The fourth-order valence-corrected chi connectivity index (χ4v) is 1.55. The summed E-state index contributed by atoms with van der Waals surface area (Å²) >= 11 is 0. The first kappa shape index (κ1) is 13.9. The highest BCUT2D eigenvalue weighted by Crippen LogP contribution is 2.03. The van der Waals surface area contributed by atoms with Crippen molar-refractivity contribution in [3.63, 3.8) is 0 Å². The number of methoxy groups -OCH3 is 1. The molecule has 0 aromatic carbocycles. The van der Waals surface area contributed by atoms with Gasteiger partial charge in [0.15, 0.2) is 0 Å². The minimum absolute atomic E-state index is 0.252. The van der Waals surface area contributed by atoms with Crippen molar-refractivity contribution in [2.75, 3.05) is 20.3 Å². The summed E-state index contributed by atoms with van der Waals surface area (Å²) in [5, 5.41) is 12.3. The molecule has 0 rings (SSSR count). The van der Waals surface area contributed by atoms with E-state index in [0.717, 1.165) is 19.4 Å². The van der Waals surface area contributed by atoms with Crippen LogP contribution in [0.5, 0.6) is 0 Å². The van der Waals surface area contributed by atoms with Gasteiger partial charge in [0.05, 0.1) is 6.61 Å². The SMILES string of the molecule is CCCCC(COC)NC(C)CCO. The molecule has 0 aliphatic heterocycles. The van der Waals surface area contributed by atoms with Gasteiger partial charge in [-0.05, 0) is 19.8 Å². The summed E-state index contributed by atoms with van der Waals surface area (Å²) in [5.74, 6) is 0. The Hall–Kier alpha value is -0.120. The van der Waals surface area contributed by atoms with Gasteiger partial charge in [-0.3, -0.25) is 0 Å². The molecule has 3 nitrogen and oxygen atoms in total. The molecule has 0 radical (unpaired) electrons. The lowest BCUT2D eigenvalue weighted by Gasteiger charge is -2.22. The Morgan fingerprint density at radius 1 is 1.36 bits per heavy atom. The molecule has 86 valence electrons. The van der Waals surface area contributed by atoms with E-state index in [1.54, 1.807) is 7.11 Å². The second-order valence-electron chi connectivity index (χ2n) is 3.87. The van der Waals surface area contributed by atoms with Gasteiger partial charge in [0.1, 0.15) is 0 Å². The van der Waals surface area contributed by atoms with Crippen LogP contribution in [0, 0.1) is 0 Å². The van der Waals surface area contributed by atoms with Crippen molar-refractivity contribution >= 4 is 0 Å². The van der Waals surface area contributed by atoms with E-state index in [9.17, 15) is 0 Å². The topological polar surface area (TPSA) is 41.5 Å². The van der Waals surface area contributed by atoms with Crippen LogP contribution in [-0.4, -0.2) is 37.5 Å². The van der Waals surface area contributed by atoms with E-state index >= 15 is 0 Å². The third-order valence-corrected chi connectivity index (χ3v) is 2.36. The summed E-state index contributed by atoms with van der Waals surface area (Å²) in [6.07, 6.45) is 4.41. The zero-order valence-electron chi connectivity index (χ0n) is 9.75. The third kappa shape index (κ3) is 7.30. The summed E-state index contributed by atoms with van der Waals surface area (Å²) in [6, 6.07) is 0.804. The first-order chi connectivity index (χ1) is 6.74. The Kier molecular flexibility index (Phi) is 9.35. The van der Waals surface area contributed by atoms with Crippen LogP contribution >= 0.6 is 0 Å². The number of rotatable bonds is 9. The first-order valence-electron chi connectivity index (χ1n) is 5.60. The number of hydrogen-bond acceptors (Lipinski definition) is 3. The first-order valence-corrected chi connectivity index (χ1v) is 5.60. The Balaban J connectivity index is 3.69. The van der Waals surface area contributed by atoms with Crippen molar-refractivity contribution in [3.8, 4) is 0 Å². The molecule has 0 spiro atoms. The molecule has 0 aliphatic rings. The highest BCUT2D eigenvalue weighted by atomic mass is 16.5. The Morgan fingerprint density at radius 2 is 2.07 bits per heavy atom. The molecule has 0 aromatic heterocycles. The number of ether oxygens (including phenoxy) is 1. The van der Waals surface area contributed by atoms with Crippen molar-refractivity contribution in [2.45, 2.75) is 51.6 Å². The molecule has 3 heteroatoms. The van der Waals surface area contributed by atoms with Gasteiger partial charge in [0.25, 0.3) is 0 Å². The van der Waals surface area contributed by atoms with Gasteiger partial charge in [0.2, 0.25) is 0 Å². The van der Waals surface area contributed by atoms with E-state index < -0.39 is 0 Å². The van der Waals surface area contributed by atoms with Crippen LogP contribution in [-0.2, 0) is 4.74 Å². The standard InChI is InChI=1S/C11H25NO2/c1-4-5-6-11(9-14-3)12-10(2)7-8-13/h10-13H,4-9H2,1-3H3. The van der Waals surface area contributed by atoms with Crippen LogP contribution < -0.4 is 5.32 Å². The highest BCUT2D eigenvalue weighted by Gasteiger charge is 2.10. The van der Waals surface area contributed by atoms with Crippen LogP contribution in [0.2, 0.25) is 0 Å². The van der Waals surface area contributed by atoms with E-state index in [2.05, 4.69) is 19.2 Å². The number of aliphatic hydroxyl groups excluding tert-OH is 1. The quantitative estimate of drug-likeness (QED) is 0.597. The summed E-state index contributed by atoms with van der Waals surface area (Å²) in [5.41, 5.74) is 0. The Labute approximate surface area is 87.8 Å². The molecule has 0 saturated heterocycles.